The Morgan fingerprint density at radius 2 is 1.36 bits per heavy atom. The summed E-state index contributed by atoms with van der Waals surface area (Å²) in [7, 11) is -0.723. The van der Waals surface area contributed by atoms with Gasteiger partial charge in [0.1, 0.15) is 18.3 Å². The molecule has 0 aromatic heterocycles. The Balaban J connectivity index is 1.97. The zero-order valence-electron chi connectivity index (χ0n) is 15.3. The molecule has 7 nitrogen and oxygen atoms in total. The van der Waals surface area contributed by atoms with Crippen molar-refractivity contribution in [1.82, 2.24) is 5.32 Å². The van der Waals surface area contributed by atoms with Crippen molar-refractivity contribution in [1.29, 1.82) is 0 Å². The van der Waals surface area contributed by atoms with Crippen LogP contribution in [-0.4, -0.2) is 75.2 Å². The smallest absolute Gasteiger partial charge is 0.251 e. The van der Waals surface area contributed by atoms with E-state index < -0.39 is 44.9 Å². The Morgan fingerprint density at radius 3 is 1.82 bits per heavy atom. The topological polar surface area (TPSA) is 130 Å². The van der Waals surface area contributed by atoms with Gasteiger partial charge in [-0.3, -0.25) is 4.79 Å². The summed E-state index contributed by atoms with van der Waals surface area (Å²) < 4.78 is 0. The van der Waals surface area contributed by atoms with Gasteiger partial charge < -0.3 is 30.8 Å². The Labute approximate surface area is 165 Å². The van der Waals surface area contributed by atoms with Gasteiger partial charge in [-0.15, -0.1) is 0 Å². The number of nitrogens with one attached hydrogen (secondary N) is 1. The first kappa shape index (κ1) is 22.4. The highest BCUT2D eigenvalue weighted by Gasteiger charge is 2.34. The molecule has 0 saturated carbocycles. The molecule has 4 atom stereocenters. The van der Waals surface area contributed by atoms with Crippen LogP contribution < -0.4 is 15.9 Å². The van der Waals surface area contributed by atoms with Gasteiger partial charge in [0.2, 0.25) is 0 Å². The standard InChI is InChI=1S/C20H26NO6P/c22-13-16(23)17(24)18(25)19(26)20(27)21-11-12-28(14-7-3-1-4-8-14)15-9-5-2-6-10-15/h1-10,16-19,22-26H,11-13H2,(H,21,27)/t16-,17-,18+,19-/m0/s1. The number of carbonyl (C=O) groups excluding carboxylic acids is 1. The number of hydrogen-bond acceptors (Lipinski definition) is 6. The third kappa shape index (κ3) is 6.07. The van der Waals surface area contributed by atoms with Crippen LogP contribution in [0.2, 0.25) is 0 Å². The van der Waals surface area contributed by atoms with Gasteiger partial charge in [-0.1, -0.05) is 60.7 Å². The highest BCUT2D eigenvalue weighted by molar-refractivity contribution is 7.73. The number of aliphatic hydroxyl groups excluding tert-OH is 5. The summed E-state index contributed by atoms with van der Waals surface area (Å²) in [6.07, 6.45) is -6.69. The van der Waals surface area contributed by atoms with E-state index in [0.717, 1.165) is 10.6 Å². The first-order valence-corrected chi connectivity index (χ1v) is 10.5. The summed E-state index contributed by atoms with van der Waals surface area (Å²) in [6.45, 7) is -0.540. The van der Waals surface area contributed by atoms with Crippen LogP contribution in [0.25, 0.3) is 0 Å². The summed E-state index contributed by atoms with van der Waals surface area (Å²) in [5.74, 6) is -0.854. The van der Waals surface area contributed by atoms with Crippen molar-refractivity contribution in [3.05, 3.63) is 60.7 Å². The molecule has 2 rings (SSSR count). The molecule has 0 aliphatic carbocycles. The minimum absolute atomic E-state index is 0.261. The first-order chi connectivity index (χ1) is 13.5. The predicted octanol–water partition coefficient (Wildman–Crippen LogP) is -1.33. The highest BCUT2D eigenvalue weighted by atomic mass is 31.1. The summed E-state index contributed by atoms with van der Waals surface area (Å²) >= 11 is 0. The maximum Gasteiger partial charge on any atom is 0.251 e. The highest BCUT2D eigenvalue weighted by Crippen LogP contribution is 2.32. The van der Waals surface area contributed by atoms with Crippen molar-refractivity contribution in [2.75, 3.05) is 19.3 Å². The van der Waals surface area contributed by atoms with E-state index in [2.05, 4.69) is 5.32 Å². The van der Waals surface area contributed by atoms with E-state index in [0.29, 0.717) is 6.16 Å². The van der Waals surface area contributed by atoms with Crippen molar-refractivity contribution in [2.45, 2.75) is 24.4 Å². The van der Waals surface area contributed by atoms with Crippen LogP contribution in [0.3, 0.4) is 0 Å². The maximum atomic E-state index is 12.1. The quantitative estimate of drug-likeness (QED) is 0.271. The van der Waals surface area contributed by atoms with Gasteiger partial charge in [-0.2, -0.15) is 0 Å². The van der Waals surface area contributed by atoms with Crippen molar-refractivity contribution < 1.29 is 30.3 Å². The van der Waals surface area contributed by atoms with Crippen LogP contribution in [0.5, 0.6) is 0 Å². The molecule has 6 N–H and O–H groups in total. The third-order valence-electron chi connectivity index (χ3n) is 4.29. The maximum absolute atomic E-state index is 12.1. The van der Waals surface area contributed by atoms with Crippen molar-refractivity contribution in [3.8, 4) is 0 Å². The normalized spacial score (nSPS) is 15.6. The van der Waals surface area contributed by atoms with Crippen LogP contribution in [0.15, 0.2) is 60.7 Å². The van der Waals surface area contributed by atoms with E-state index in [9.17, 15) is 25.2 Å². The molecule has 0 fully saturated rings. The molecule has 152 valence electrons. The largest absolute Gasteiger partial charge is 0.394 e. The van der Waals surface area contributed by atoms with Crippen LogP contribution >= 0.6 is 7.92 Å². The molecule has 0 heterocycles. The molecule has 2 aromatic rings. The minimum atomic E-state index is -1.92. The van der Waals surface area contributed by atoms with E-state index in [1.165, 1.54) is 0 Å². The van der Waals surface area contributed by atoms with Crippen LogP contribution in [0.1, 0.15) is 0 Å². The molecule has 1 amide bonds. The predicted molar refractivity (Wildman–Crippen MR) is 108 cm³/mol. The average Bonchev–Trinajstić information content (AvgIpc) is 2.75. The van der Waals surface area contributed by atoms with Gasteiger partial charge in [0.25, 0.3) is 5.91 Å². The Morgan fingerprint density at radius 1 is 0.857 bits per heavy atom. The fraction of sp³-hybridized carbons (Fsp3) is 0.350. The van der Waals surface area contributed by atoms with Crippen LogP contribution in [0.4, 0.5) is 0 Å². The van der Waals surface area contributed by atoms with Gasteiger partial charge in [-0.05, 0) is 24.7 Å². The average molecular weight is 407 g/mol. The molecule has 0 saturated heterocycles. The number of amides is 1. The van der Waals surface area contributed by atoms with E-state index in [-0.39, 0.29) is 6.54 Å². The molecule has 0 unspecified atom stereocenters. The van der Waals surface area contributed by atoms with E-state index >= 15 is 0 Å². The zero-order chi connectivity index (χ0) is 20.5. The summed E-state index contributed by atoms with van der Waals surface area (Å²) in [5, 5.41) is 52.3. The Bertz CT molecular complexity index is 678. The van der Waals surface area contributed by atoms with Crippen molar-refractivity contribution in [3.63, 3.8) is 0 Å². The second-order valence-corrected chi connectivity index (χ2v) is 8.63. The second-order valence-electron chi connectivity index (χ2n) is 6.29. The van der Waals surface area contributed by atoms with Crippen molar-refractivity contribution >= 4 is 24.4 Å². The number of aliphatic hydroxyl groups is 5. The molecule has 0 radical (unpaired) electrons. The van der Waals surface area contributed by atoms with Gasteiger partial charge in [0, 0.05) is 6.54 Å². The lowest BCUT2D eigenvalue weighted by atomic mass is 10.0. The van der Waals surface area contributed by atoms with E-state index in [4.69, 9.17) is 5.11 Å². The molecule has 0 spiro atoms. The molecule has 0 aliphatic rings. The number of carbonyl (C=O) groups is 1. The number of hydrogen-bond donors (Lipinski definition) is 6. The lowest BCUT2D eigenvalue weighted by Crippen LogP contribution is -2.52. The van der Waals surface area contributed by atoms with Gasteiger partial charge in [-0.25, -0.2) is 0 Å². The molecule has 28 heavy (non-hydrogen) atoms. The summed E-state index contributed by atoms with van der Waals surface area (Å²) in [5.41, 5.74) is 0. The first-order valence-electron chi connectivity index (χ1n) is 8.94. The fourth-order valence-electron chi connectivity index (χ4n) is 2.70. The van der Waals surface area contributed by atoms with Crippen LogP contribution in [0, 0.1) is 0 Å². The number of benzene rings is 2. The molecule has 8 heteroatoms. The Kier molecular flexibility index (Phi) is 8.99. The summed E-state index contributed by atoms with van der Waals surface area (Å²) in [6, 6.07) is 19.8. The molecular formula is C20H26NO6P. The number of rotatable bonds is 10. The molecular weight excluding hydrogens is 381 g/mol. The molecule has 0 bridgehead atoms. The zero-order valence-corrected chi connectivity index (χ0v) is 16.2. The van der Waals surface area contributed by atoms with Crippen LogP contribution in [-0.2, 0) is 4.79 Å². The Hall–Kier alpha value is -1.86. The minimum Gasteiger partial charge on any atom is -0.394 e. The second kappa shape index (κ2) is 11.2. The van der Waals surface area contributed by atoms with E-state index in [1.807, 2.05) is 60.7 Å². The SMILES string of the molecule is O=C(NCCP(c1ccccc1)c1ccccc1)[C@@H](O)[C@H](O)[C@@H](O)[C@@H](O)CO. The lowest BCUT2D eigenvalue weighted by Gasteiger charge is -2.25. The van der Waals surface area contributed by atoms with Gasteiger partial charge in [0.05, 0.1) is 6.61 Å². The monoisotopic (exact) mass is 407 g/mol. The molecule has 2 aromatic carbocycles. The fourth-order valence-corrected chi connectivity index (χ4v) is 4.91. The van der Waals surface area contributed by atoms with E-state index in [1.54, 1.807) is 0 Å². The molecule has 0 aliphatic heterocycles. The van der Waals surface area contributed by atoms with Crippen molar-refractivity contribution in [2.24, 2.45) is 0 Å². The van der Waals surface area contributed by atoms with Gasteiger partial charge in [0.15, 0.2) is 6.10 Å². The lowest BCUT2D eigenvalue weighted by molar-refractivity contribution is -0.148. The summed E-state index contributed by atoms with van der Waals surface area (Å²) in [4.78, 5) is 12.1. The third-order valence-corrected chi connectivity index (χ3v) is 6.81. The van der Waals surface area contributed by atoms with Gasteiger partial charge >= 0.3 is 0 Å².